The van der Waals surface area contributed by atoms with E-state index in [-0.39, 0.29) is 0 Å². The normalized spacial score (nSPS) is 14.5. The number of nitrogens with zero attached hydrogens (tertiary/aromatic N) is 1. The summed E-state index contributed by atoms with van der Waals surface area (Å²) in [6.07, 6.45) is 2.18. The summed E-state index contributed by atoms with van der Waals surface area (Å²) < 4.78 is 5.41. The van der Waals surface area contributed by atoms with Gasteiger partial charge in [-0.15, -0.1) is 0 Å². The topological polar surface area (TPSA) is 21.6 Å². The van der Waals surface area contributed by atoms with Crippen LogP contribution in [0.5, 0.6) is 5.75 Å². The summed E-state index contributed by atoms with van der Waals surface area (Å²) in [5.41, 5.74) is 6.87. The van der Waals surface area contributed by atoms with Gasteiger partial charge in [-0.3, -0.25) is 0 Å². The summed E-state index contributed by atoms with van der Waals surface area (Å²) in [6, 6.07) is 14.4. The molecule has 0 unspecified atom stereocenters. The second-order valence-electron chi connectivity index (χ2n) is 4.46. The monoisotopic (exact) mass is 233 g/mol. The Morgan fingerprint density at radius 1 is 0.944 bits per heavy atom. The van der Waals surface area contributed by atoms with Crippen molar-refractivity contribution in [3.63, 3.8) is 0 Å². The van der Waals surface area contributed by atoms with Crippen LogP contribution < -0.4 is 4.74 Å². The van der Waals surface area contributed by atoms with E-state index in [1.54, 1.807) is 7.11 Å². The summed E-state index contributed by atoms with van der Waals surface area (Å²) in [5.74, 6) is 0.912. The van der Waals surface area contributed by atoms with Crippen LogP contribution in [0.1, 0.15) is 16.7 Å². The van der Waals surface area contributed by atoms with Gasteiger partial charge in [0.2, 0.25) is 0 Å². The van der Waals surface area contributed by atoms with Crippen molar-refractivity contribution < 1.29 is 4.74 Å². The predicted octanol–water partition coefficient (Wildman–Crippen LogP) is 3.68. The molecule has 0 saturated heterocycles. The Hall–Kier alpha value is -2.35. The maximum absolute atomic E-state index is 5.41. The van der Waals surface area contributed by atoms with E-state index in [2.05, 4.69) is 30.3 Å². The molecule has 0 fully saturated rings. The van der Waals surface area contributed by atoms with E-state index >= 15 is 0 Å². The van der Waals surface area contributed by atoms with Crippen LogP contribution in [0.2, 0.25) is 0 Å². The minimum Gasteiger partial charge on any atom is -0.496 e. The summed E-state index contributed by atoms with van der Waals surface area (Å²) in [6.45, 7) is 0. The summed E-state index contributed by atoms with van der Waals surface area (Å²) in [5, 5.41) is 0. The number of para-hydroxylation sites is 1. The molecular weight excluding hydrogens is 222 g/mol. The number of hydrogen-bond acceptors (Lipinski definition) is 2. The van der Waals surface area contributed by atoms with Crippen LogP contribution >= 0.6 is 0 Å². The molecule has 0 N–H and O–H groups in total. The van der Waals surface area contributed by atoms with Gasteiger partial charge < -0.3 is 4.74 Å². The van der Waals surface area contributed by atoms with Crippen molar-refractivity contribution in [2.45, 2.75) is 0 Å². The van der Waals surface area contributed by atoms with E-state index in [4.69, 9.17) is 9.73 Å². The molecule has 2 heteroatoms. The van der Waals surface area contributed by atoms with Crippen molar-refractivity contribution in [1.29, 1.82) is 0 Å². The van der Waals surface area contributed by atoms with E-state index in [9.17, 15) is 0 Å². The highest BCUT2D eigenvalue weighted by atomic mass is 16.5. The van der Waals surface area contributed by atoms with Crippen LogP contribution in [0.3, 0.4) is 0 Å². The number of allylic oxidation sites excluding steroid dienone is 1. The zero-order chi connectivity index (χ0) is 12.1. The largest absolute Gasteiger partial charge is 0.496 e. The first-order valence-corrected chi connectivity index (χ1v) is 5.96. The maximum atomic E-state index is 5.41. The van der Waals surface area contributed by atoms with Crippen molar-refractivity contribution in [2.24, 2.45) is 4.99 Å². The van der Waals surface area contributed by atoms with Gasteiger partial charge in [0.25, 0.3) is 0 Å². The molecule has 0 amide bonds. The van der Waals surface area contributed by atoms with E-state index in [1.807, 2.05) is 18.2 Å². The number of rotatable bonds is 1. The van der Waals surface area contributed by atoms with E-state index in [1.165, 1.54) is 16.7 Å². The summed E-state index contributed by atoms with van der Waals surface area (Å²) >= 11 is 0. The molecule has 2 aromatic carbocycles. The van der Waals surface area contributed by atoms with Gasteiger partial charge in [0, 0.05) is 22.3 Å². The first kappa shape index (κ1) is 9.66. The number of fused-ring (bicyclic) bond motifs is 5. The lowest BCUT2D eigenvalue weighted by Crippen LogP contribution is -1.96. The standard InChI is InChI=1S/C16H11NO/c1-18-15-8-4-6-11-12(15)9-13-10-5-2-3-7-14(10)17-16(11)13/h2-9H,1H3. The maximum Gasteiger partial charge on any atom is 0.126 e. The van der Waals surface area contributed by atoms with Crippen LogP contribution in [0.25, 0.3) is 11.6 Å². The van der Waals surface area contributed by atoms with Gasteiger partial charge in [-0.2, -0.15) is 0 Å². The summed E-state index contributed by atoms with van der Waals surface area (Å²) in [7, 11) is 1.71. The Bertz CT molecular complexity index is 726. The number of hydrogen-bond donors (Lipinski definition) is 0. The van der Waals surface area contributed by atoms with Gasteiger partial charge in [-0.1, -0.05) is 30.3 Å². The highest BCUT2D eigenvalue weighted by molar-refractivity contribution is 6.43. The highest BCUT2D eigenvalue weighted by Gasteiger charge is 2.29. The quantitative estimate of drug-likeness (QED) is 0.736. The first-order chi connectivity index (χ1) is 8.88. The van der Waals surface area contributed by atoms with Gasteiger partial charge in [-0.05, 0) is 18.2 Å². The molecule has 1 aliphatic heterocycles. The van der Waals surface area contributed by atoms with Crippen molar-refractivity contribution in [1.82, 2.24) is 0 Å². The van der Waals surface area contributed by atoms with Crippen molar-refractivity contribution >= 4 is 23.0 Å². The molecular formula is C16H11NO. The van der Waals surface area contributed by atoms with Crippen LogP contribution in [0.15, 0.2) is 47.5 Å². The number of aliphatic imine (C=N–C) groups is 1. The van der Waals surface area contributed by atoms with Crippen LogP contribution in [-0.2, 0) is 0 Å². The summed E-state index contributed by atoms with van der Waals surface area (Å²) in [4.78, 5) is 4.72. The third-order valence-electron chi connectivity index (χ3n) is 3.51. The molecule has 18 heavy (non-hydrogen) atoms. The van der Waals surface area contributed by atoms with Crippen molar-refractivity contribution in [3.8, 4) is 5.75 Å². The molecule has 0 bridgehead atoms. The molecule has 2 aliphatic rings. The lowest BCUT2D eigenvalue weighted by Gasteiger charge is -2.05. The SMILES string of the molecule is COc1cccc2c1C=C1C2=Nc2ccccc21. The molecule has 0 saturated carbocycles. The number of methoxy groups -OCH3 is 1. The lowest BCUT2D eigenvalue weighted by atomic mass is 10.0. The van der Waals surface area contributed by atoms with E-state index in [0.29, 0.717) is 0 Å². The zero-order valence-electron chi connectivity index (χ0n) is 9.97. The van der Waals surface area contributed by atoms with E-state index < -0.39 is 0 Å². The average Bonchev–Trinajstić information content (AvgIpc) is 2.94. The van der Waals surface area contributed by atoms with E-state index in [0.717, 1.165) is 22.7 Å². The molecule has 4 rings (SSSR count). The van der Waals surface area contributed by atoms with Gasteiger partial charge in [0.15, 0.2) is 0 Å². The fourth-order valence-electron chi connectivity index (χ4n) is 2.68. The second-order valence-corrected chi connectivity index (χ2v) is 4.46. The molecule has 86 valence electrons. The van der Waals surface area contributed by atoms with Gasteiger partial charge >= 0.3 is 0 Å². The van der Waals surface area contributed by atoms with Gasteiger partial charge in [-0.25, -0.2) is 4.99 Å². The third kappa shape index (κ3) is 1.10. The molecule has 2 aromatic rings. The fourth-order valence-corrected chi connectivity index (χ4v) is 2.68. The second kappa shape index (κ2) is 3.33. The first-order valence-electron chi connectivity index (χ1n) is 5.96. The Labute approximate surface area is 105 Å². The highest BCUT2D eigenvalue weighted by Crippen LogP contribution is 2.44. The molecule has 2 nitrogen and oxygen atoms in total. The number of benzene rings is 2. The molecule has 1 heterocycles. The molecule has 0 atom stereocenters. The predicted molar refractivity (Wildman–Crippen MR) is 73.5 cm³/mol. The molecule has 1 aliphatic carbocycles. The number of ether oxygens (including phenoxy) is 1. The minimum atomic E-state index is 0.912. The minimum absolute atomic E-state index is 0.912. The molecule has 0 radical (unpaired) electrons. The Kier molecular flexibility index (Phi) is 1.78. The third-order valence-corrected chi connectivity index (χ3v) is 3.51. The average molecular weight is 233 g/mol. The fraction of sp³-hybridized carbons (Fsp3) is 0.0625. The van der Waals surface area contributed by atoms with Crippen LogP contribution in [0.4, 0.5) is 5.69 Å². The smallest absolute Gasteiger partial charge is 0.126 e. The lowest BCUT2D eigenvalue weighted by molar-refractivity contribution is 0.414. The van der Waals surface area contributed by atoms with Crippen LogP contribution in [0, 0.1) is 0 Å². The molecule has 0 spiro atoms. The van der Waals surface area contributed by atoms with Crippen LogP contribution in [-0.4, -0.2) is 12.8 Å². The Balaban J connectivity index is 1.99. The molecule has 0 aromatic heterocycles. The van der Waals surface area contributed by atoms with Crippen molar-refractivity contribution in [2.75, 3.05) is 7.11 Å². The van der Waals surface area contributed by atoms with Crippen molar-refractivity contribution in [3.05, 3.63) is 59.2 Å². The Morgan fingerprint density at radius 3 is 2.67 bits per heavy atom. The zero-order valence-corrected chi connectivity index (χ0v) is 9.97. The van der Waals surface area contributed by atoms with Gasteiger partial charge in [0.1, 0.15) is 5.75 Å². The van der Waals surface area contributed by atoms with Gasteiger partial charge in [0.05, 0.1) is 18.5 Å². The Morgan fingerprint density at radius 2 is 1.78 bits per heavy atom.